The van der Waals surface area contributed by atoms with Crippen LogP contribution in [0.3, 0.4) is 0 Å². The molecular weight excluding hydrogens is 344 g/mol. The summed E-state index contributed by atoms with van der Waals surface area (Å²) in [6, 6.07) is 17.5. The molecule has 0 aliphatic carbocycles. The second kappa shape index (κ2) is 6.82. The van der Waals surface area contributed by atoms with Crippen LogP contribution in [-0.2, 0) is 16.4 Å². The fraction of sp³-hybridized carbons (Fsp3) is 0.286. The highest BCUT2D eigenvalue weighted by Gasteiger charge is 2.36. The van der Waals surface area contributed by atoms with Gasteiger partial charge in [0.25, 0.3) is 0 Å². The van der Waals surface area contributed by atoms with Gasteiger partial charge in [0.1, 0.15) is 4.90 Å². The number of pyridine rings is 1. The van der Waals surface area contributed by atoms with Crippen molar-refractivity contribution < 1.29 is 8.42 Å². The molecule has 2 aromatic carbocycles. The molecule has 1 aromatic heterocycles. The van der Waals surface area contributed by atoms with Gasteiger partial charge >= 0.3 is 0 Å². The van der Waals surface area contributed by atoms with Gasteiger partial charge < -0.3 is 0 Å². The Hall–Kier alpha value is -2.24. The number of hydrogen-bond acceptors (Lipinski definition) is 3. The van der Waals surface area contributed by atoms with Crippen molar-refractivity contribution in [3.05, 3.63) is 71.9 Å². The van der Waals surface area contributed by atoms with Gasteiger partial charge in [-0.15, -0.1) is 0 Å². The first kappa shape index (κ1) is 17.2. The third kappa shape index (κ3) is 3.13. The molecule has 134 valence electrons. The zero-order valence-corrected chi connectivity index (χ0v) is 15.6. The SMILES string of the molecule is Cc1cnc2c(S(=O)(=O)N3CCCC3Cc3ccccc3)cccc2c1. The Kier molecular flexibility index (Phi) is 4.51. The van der Waals surface area contributed by atoms with Gasteiger partial charge in [0.15, 0.2) is 0 Å². The molecule has 26 heavy (non-hydrogen) atoms. The van der Waals surface area contributed by atoms with E-state index in [2.05, 4.69) is 17.1 Å². The summed E-state index contributed by atoms with van der Waals surface area (Å²) in [7, 11) is -3.58. The Bertz CT molecular complexity index is 1030. The van der Waals surface area contributed by atoms with E-state index in [0.29, 0.717) is 17.0 Å². The molecule has 1 fully saturated rings. The number of rotatable bonds is 4. The van der Waals surface area contributed by atoms with E-state index in [9.17, 15) is 8.42 Å². The van der Waals surface area contributed by atoms with Crippen LogP contribution in [0.4, 0.5) is 0 Å². The highest BCUT2D eigenvalue weighted by Crippen LogP contribution is 2.31. The molecule has 0 saturated carbocycles. The van der Waals surface area contributed by atoms with Gasteiger partial charge in [-0.05, 0) is 49.4 Å². The molecule has 0 bridgehead atoms. The van der Waals surface area contributed by atoms with E-state index < -0.39 is 10.0 Å². The maximum absolute atomic E-state index is 13.4. The summed E-state index contributed by atoms with van der Waals surface area (Å²) < 4.78 is 28.5. The summed E-state index contributed by atoms with van der Waals surface area (Å²) >= 11 is 0. The van der Waals surface area contributed by atoms with Crippen LogP contribution in [0.15, 0.2) is 65.7 Å². The lowest BCUT2D eigenvalue weighted by molar-refractivity contribution is 0.386. The maximum Gasteiger partial charge on any atom is 0.245 e. The topological polar surface area (TPSA) is 50.3 Å². The highest BCUT2D eigenvalue weighted by atomic mass is 32.2. The van der Waals surface area contributed by atoms with Crippen molar-refractivity contribution in [3.8, 4) is 0 Å². The van der Waals surface area contributed by atoms with E-state index in [0.717, 1.165) is 30.2 Å². The number of hydrogen-bond donors (Lipinski definition) is 0. The minimum absolute atomic E-state index is 0.00287. The van der Waals surface area contributed by atoms with Crippen molar-refractivity contribution in [3.63, 3.8) is 0 Å². The van der Waals surface area contributed by atoms with E-state index in [1.807, 2.05) is 37.3 Å². The summed E-state index contributed by atoms with van der Waals surface area (Å²) in [4.78, 5) is 4.74. The van der Waals surface area contributed by atoms with Crippen LogP contribution in [-0.4, -0.2) is 30.3 Å². The molecule has 0 N–H and O–H groups in total. The fourth-order valence-electron chi connectivity index (χ4n) is 3.79. The molecule has 1 saturated heterocycles. The molecule has 1 aliphatic heterocycles. The fourth-order valence-corrected chi connectivity index (χ4v) is 5.65. The average molecular weight is 366 g/mol. The van der Waals surface area contributed by atoms with Gasteiger partial charge in [0.2, 0.25) is 10.0 Å². The maximum atomic E-state index is 13.4. The first-order valence-corrected chi connectivity index (χ1v) is 10.4. The van der Waals surface area contributed by atoms with Crippen molar-refractivity contribution in [2.45, 2.75) is 37.1 Å². The zero-order valence-electron chi connectivity index (χ0n) is 14.8. The molecule has 3 aromatic rings. The van der Waals surface area contributed by atoms with Crippen molar-refractivity contribution in [2.24, 2.45) is 0 Å². The number of nitrogens with zero attached hydrogens (tertiary/aromatic N) is 2. The molecule has 0 radical (unpaired) electrons. The first-order chi connectivity index (χ1) is 12.6. The minimum Gasteiger partial charge on any atom is -0.255 e. The monoisotopic (exact) mass is 366 g/mol. The number of benzene rings is 2. The van der Waals surface area contributed by atoms with Crippen LogP contribution in [0.1, 0.15) is 24.0 Å². The number of fused-ring (bicyclic) bond motifs is 1. The Balaban J connectivity index is 1.72. The number of para-hydroxylation sites is 1. The summed E-state index contributed by atoms with van der Waals surface area (Å²) in [5.41, 5.74) is 2.75. The third-order valence-corrected chi connectivity index (χ3v) is 7.02. The first-order valence-electron chi connectivity index (χ1n) is 8.97. The van der Waals surface area contributed by atoms with E-state index in [1.54, 1.807) is 22.6 Å². The summed E-state index contributed by atoms with van der Waals surface area (Å²) in [5, 5.41) is 0.866. The van der Waals surface area contributed by atoms with Crippen molar-refractivity contribution in [1.82, 2.24) is 9.29 Å². The van der Waals surface area contributed by atoms with Crippen LogP contribution in [0.5, 0.6) is 0 Å². The van der Waals surface area contributed by atoms with Gasteiger partial charge in [0.05, 0.1) is 5.52 Å². The number of sulfonamides is 1. The molecule has 2 heterocycles. The lowest BCUT2D eigenvalue weighted by Crippen LogP contribution is -2.37. The Morgan fingerprint density at radius 1 is 1.12 bits per heavy atom. The van der Waals surface area contributed by atoms with Crippen LogP contribution < -0.4 is 0 Å². The van der Waals surface area contributed by atoms with E-state index in [-0.39, 0.29) is 6.04 Å². The van der Waals surface area contributed by atoms with Gasteiger partial charge in [-0.1, -0.05) is 42.5 Å². The third-order valence-electron chi connectivity index (χ3n) is 5.03. The molecule has 4 nitrogen and oxygen atoms in total. The Morgan fingerprint density at radius 2 is 1.92 bits per heavy atom. The molecular formula is C21H22N2O2S. The van der Waals surface area contributed by atoms with E-state index in [4.69, 9.17) is 0 Å². The smallest absolute Gasteiger partial charge is 0.245 e. The molecule has 1 unspecified atom stereocenters. The average Bonchev–Trinajstić information content (AvgIpc) is 3.11. The van der Waals surface area contributed by atoms with Crippen molar-refractivity contribution >= 4 is 20.9 Å². The van der Waals surface area contributed by atoms with Crippen LogP contribution in [0, 0.1) is 6.92 Å². The van der Waals surface area contributed by atoms with Gasteiger partial charge in [-0.3, -0.25) is 4.98 Å². The highest BCUT2D eigenvalue weighted by molar-refractivity contribution is 7.89. The Labute approximate surface area is 154 Å². The quantitative estimate of drug-likeness (QED) is 0.703. The summed E-state index contributed by atoms with van der Waals surface area (Å²) in [6.45, 7) is 2.53. The van der Waals surface area contributed by atoms with Crippen LogP contribution >= 0.6 is 0 Å². The van der Waals surface area contributed by atoms with Crippen molar-refractivity contribution in [2.75, 3.05) is 6.54 Å². The Morgan fingerprint density at radius 3 is 2.73 bits per heavy atom. The minimum atomic E-state index is -3.58. The second-order valence-electron chi connectivity index (χ2n) is 6.94. The molecule has 0 spiro atoms. The van der Waals surface area contributed by atoms with E-state index >= 15 is 0 Å². The summed E-state index contributed by atoms with van der Waals surface area (Å²) in [5.74, 6) is 0. The predicted molar refractivity (Wildman–Crippen MR) is 104 cm³/mol. The van der Waals surface area contributed by atoms with Gasteiger partial charge in [0, 0.05) is 24.2 Å². The van der Waals surface area contributed by atoms with Crippen LogP contribution in [0.2, 0.25) is 0 Å². The largest absolute Gasteiger partial charge is 0.255 e. The number of aryl methyl sites for hydroxylation is 1. The van der Waals surface area contributed by atoms with Crippen molar-refractivity contribution in [1.29, 1.82) is 0 Å². The molecule has 1 atom stereocenters. The van der Waals surface area contributed by atoms with Gasteiger partial charge in [-0.25, -0.2) is 8.42 Å². The predicted octanol–water partition coefficient (Wildman–Crippen LogP) is 3.94. The zero-order chi connectivity index (χ0) is 18.1. The van der Waals surface area contributed by atoms with Crippen LogP contribution in [0.25, 0.3) is 10.9 Å². The molecule has 1 aliphatic rings. The summed E-state index contributed by atoms with van der Waals surface area (Å²) in [6.07, 6.45) is 4.27. The van der Waals surface area contributed by atoms with Gasteiger partial charge in [-0.2, -0.15) is 4.31 Å². The van der Waals surface area contributed by atoms with E-state index in [1.165, 1.54) is 5.56 Å². The second-order valence-corrected chi connectivity index (χ2v) is 8.80. The lowest BCUT2D eigenvalue weighted by atomic mass is 10.1. The number of aromatic nitrogens is 1. The lowest BCUT2D eigenvalue weighted by Gasteiger charge is -2.24. The molecule has 5 heteroatoms. The standard InChI is InChI=1S/C21H22N2O2S/c1-16-13-18-9-5-11-20(21(18)22-15-16)26(24,25)23-12-6-10-19(23)14-17-7-3-2-4-8-17/h2-5,7-9,11,13,15,19H,6,10,12,14H2,1H3. The molecule has 4 rings (SSSR count). The normalized spacial score (nSPS) is 18.4. The molecule has 0 amide bonds.